The van der Waals surface area contributed by atoms with Crippen LogP contribution in [0.15, 0.2) is 35.7 Å². The molecule has 2 N–H and O–H groups in total. The third-order valence-corrected chi connectivity index (χ3v) is 5.79. The number of fused-ring (bicyclic) bond motifs is 1. The van der Waals surface area contributed by atoms with Crippen LogP contribution in [0.5, 0.6) is 5.75 Å². The lowest BCUT2D eigenvalue weighted by Gasteiger charge is -2.36. The molecule has 1 aromatic heterocycles. The van der Waals surface area contributed by atoms with Crippen LogP contribution in [-0.4, -0.2) is 51.3 Å². The smallest absolute Gasteiger partial charge is 0.278 e. The van der Waals surface area contributed by atoms with E-state index in [2.05, 4.69) is 28.9 Å². The lowest BCUT2D eigenvalue weighted by Crippen LogP contribution is -2.87. The van der Waals surface area contributed by atoms with Crippen LogP contribution in [-0.2, 0) is 16.0 Å². The van der Waals surface area contributed by atoms with Gasteiger partial charge in [-0.1, -0.05) is 12.1 Å². The summed E-state index contributed by atoms with van der Waals surface area (Å²) in [5.74, 6) is 1.03. The zero-order valence-electron chi connectivity index (χ0n) is 15.4. The quantitative estimate of drug-likeness (QED) is 0.716. The van der Waals surface area contributed by atoms with Crippen LogP contribution in [0.4, 0.5) is 0 Å². The summed E-state index contributed by atoms with van der Waals surface area (Å²) in [7, 11) is 3.37. The second-order valence-corrected chi connectivity index (χ2v) is 7.44. The molecule has 2 heterocycles. The summed E-state index contributed by atoms with van der Waals surface area (Å²) in [6.07, 6.45) is 1.90. The summed E-state index contributed by atoms with van der Waals surface area (Å²) < 4.78 is 10.3. The summed E-state index contributed by atoms with van der Waals surface area (Å²) in [4.78, 5) is 16.3. The molecule has 6 heteroatoms. The van der Waals surface area contributed by atoms with Crippen molar-refractivity contribution in [1.82, 2.24) is 4.90 Å². The Morgan fingerprint density at radius 3 is 2.81 bits per heavy atom. The van der Waals surface area contributed by atoms with Crippen molar-refractivity contribution in [2.45, 2.75) is 18.9 Å². The van der Waals surface area contributed by atoms with Gasteiger partial charge in [-0.15, -0.1) is 11.3 Å². The van der Waals surface area contributed by atoms with Gasteiger partial charge in [-0.3, -0.25) is 4.79 Å². The number of ether oxygens (including phenoxy) is 2. The molecule has 1 aromatic carbocycles. The molecule has 2 aromatic rings. The number of benzene rings is 1. The van der Waals surface area contributed by atoms with Gasteiger partial charge in [0.1, 0.15) is 5.75 Å². The maximum absolute atomic E-state index is 12.9. The van der Waals surface area contributed by atoms with Gasteiger partial charge in [0.25, 0.3) is 5.91 Å². The molecule has 5 nitrogen and oxygen atoms in total. The maximum atomic E-state index is 12.9. The Morgan fingerprint density at radius 1 is 1.27 bits per heavy atom. The standard InChI is InChI=1S/C20H26N2O3S/c1-24-12-3-10-21-14-19(23)22-11-8-18-17(9-13-26-18)20(22)15-4-6-16(25-2)7-5-15/h4-7,9,13,20-21H,3,8,10-12,14H2,1-2H3/p+1/t20-/m1/s1. The number of nitrogens with two attached hydrogens (primary N) is 1. The number of carbonyl (C=O) groups excluding carboxylic acids is 1. The highest BCUT2D eigenvalue weighted by molar-refractivity contribution is 7.10. The summed E-state index contributed by atoms with van der Waals surface area (Å²) >= 11 is 1.79. The van der Waals surface area contributed by atoms with Crippen LogP contribution in [0.1, 0.15) is 28.5 Å². The molecule has 0 fully saturated rings. The Bertz CT molecular complexity index is 714. The monoisotopic (exact) mass is 375 g/mol. The minimum absolute atomic E-state index is 0.00391. The van der Waals surface area contributed by atoms with Gasteiger partial charge in [0.15, 0.2) is 6.54 Å². The number of hydrogen-bond acceptors (Lipinski definition) is 4. The lowest BCUT2D eigenvalue weighted by atomic mass is 9.93. The number of rotatable bonds is 8. The van der Waals surface area contributed by atoms with Crippen LogP contribution in [0.25, 0.3) is 0 Å². The summed E-state index contributed by atoms with van der Waals surface area (Å²) in [6.45, 7) is 2.90. The van der Waals surface area contributed by atoms with Gasteiger partial charge in [-0.05, 0) is 41.1 Å². The largest absolute Gasteiger partial charge is 0.497 e. The molecule has 26 heavy (non-hydrogen) atoms. The van der Waals surface area contributed by atoms with Crippen molar-refractivity contribution in [1.29, 1.82) is 0 Å². The predicted octanol–water partition coefficient (Wildman–Crippen LogP) is 1.83. The molecule has 1 aliphatic heterocycles. The van der Waals surface area contributed by atoms with Crippen molar-refractivity contribution >= 4 is 17.2 Å². The van der Waals surface area contributed by atoms with Crippen molar-refractivity contribution in [3.05, 3.63) is 51.7 Å². The zero-order chi connectivity index (χ0) is 18.4. The first kappa shape index (κ1) is 18.9. The van der Waals surface area contributed by atoms with E-state index in [-0.39, 0.29) is 11.9 Å². The van der Waals surface area contributed by atoms with Crippen molar-refractivity contribution in [2.75, 3.05) is 40.5 Å². The molecule has 0 bridgehead atoms. The van der Waals surface area contributed by atoms with Crippen LogP contribution < -0.4 is 10.1 Å². The highest BCUT2D eigenvalue weighted by Gasteiger charge is 2.33. The summed E-state index contributed by atoms with van der Waals surface area (Å²) in [5.41, 5.74) is 2.40. The van der Waals surface area contributed by atoms with E-state index >= 15 is 0 Å². The molecule has 0 saturated carbocycles. The molecular formula is C20H27N2O3S+. The van der Waals surface area contributed by atoms with Crippen molar-refractivity contribution < 1.29 is 19.6 Å². The third kappa shape index (κ3) is 4.26. The first-order chi connectivity index (χ1) is 12.7. The Morgan fingerprint density at radius 2 is 2.08 bits per heavy atom. The van der Waals surface area contributed by atoms with Crippen LogP contribution in [0.2, 0.25) is 0 Å². The number of thiophene rings is 1. The number of carbonyl (C=O) groups is 1. The van der Waals surface area contributed by atoms with E-state index in [4.69, 9.17) is 9.47 Å². The number of methoxy groups -OCH3 is 2. The number of quaternary nitrogens is 1. The molecule has 0 unspecified atom stereocenters. The number of hydrogen-bond donors (Lipinski definition) is 1. The van der Waals surface area contributed by atoms with Gasteiger partial charge >= 0.3 is 0 Å². The first-order valence-electron chi connectivity index (χ1n) is 9.05. The van der Waals surface area contributed by atoms with Crippen molar-refractivity contribution in [2.24, 2.45) is 0 Å². The van der Waals surface area contributed by atoms with Gasteiger partial charge in [-0.25, -0.2) is 0 Å². The number of nitrogens with zero attached hydrogens (tertiary/aromatic N) is 1. The van der Waals surface area contributed by atoms with E-state index < -0.39 is 0 Å². The maximum Gasteiger partial charge on any atom is 0.278 e. The molecule has 0 spiro atoms. The molecule has 140 valence electrons. The van der Waals surface area contributed by atoms with Gasteiger partial charge in [0.05, 0.1) is 26.3 Å². The third-order valence-electron chi connectivity index (χ3n) is 4.79. The SMILES string of the molecule is COCCC[NH2+]CC(=O)N1CCc2sccc2[C@H]1c1ccc(OC)cc1. The average Bonchev–Trinajstić information content (AvgIpc) is 3.16. The van der Waals surface area contributed by atoms with E-state index in [1.807, 2.05) is 17.0 Å². The minimum Gasteiger partial charge on any atom is -0.497 e. The second kappa shape index (κ2) is 9.16. The van der Waals surface area contributed by atoms with Crippen molar-refractivity contribution in [3.8, 4) is 5.75 Å². The Labute approximate surface area is 158 Å². The molecule has 0 aliphatic carbocycles. The normalized spacial score (nSPS) is 16.4. The molecule has 1 aliphatic rings. The molecular weight excluding hydrogens is 348 g/mol. The van der Waals surface area contributed by atoms with E-state index in [0.29, 0.717) is 6.54 Å². The summed E-state index contributed by atoms with van der Waals surface area (Å²) in [5, 5.41) is 4.21. The molecule has 0 saturated heterocycles. The Kier molecular flexibility index (Phi) is 6.66. The molecule has 3 rings (SSSR count). The first-order valence-corrected chi connectivity index (χ1v) is 9.93. The lowest BCUT2D eigenvalue weighted by molar-refractivity contribution is -0.645. The van der Waals surface area contributed by atoms with Gasteiger partial charge in [0.2, 0.25) is 0 Å². The fraction of sp³-hybridized carbons (Fsp3) is 0.450. The highest BCUT2D eigenvalue weighted by atomic mass is 32.1. The van der Waals surface area contributed by atoms with Crippen LogP contribution >= 0.6 is 11.3 Å². The highest BCUT2D eigenvalue weighted by Crippen LogP contribution is 2.38. The Balaban J connectivity index is 1.76. The zero-order valence-corrected chi connectivity index (χ0v) is 16.3. The fourth-order valence-corrected chi connectivity index (χ4v) is 4.35. The number of amides is 1. The van der Waals surface area contributed by atoms with Gasteiger partial charge < -0.3 is 19.7 Å². The second-order valence-electron chi connectivity index (χ2n) is 6.44. The van der Waals surface area contributed by atoms with E-state index in [0.717, 1.165) is 43.9 Å². The Hall–Kier alpha value is -1.89. The topological polar surface area (TPSA) is 55.4 Å². The van der Waals surface area contributed by atoms with Gasteiger partial charge in [0, 0.05) is 25.0 Å². The van der Waals surface area contributed by atoms with E-state index in [9.17, 15) is 4.79 Å². The average molecular weight is 376 g/mol. The molecule has 1 atom stereocenters. The molecule has 0 radical (unpaired) electrons. The van der Waals surface area contributed by atoms with Crippen molar-refractivity contribution in [3.63, 3.8) is 0 Å². The minimum atomic E-state index is -0.00391. The fourth-order valence-electron chi connectivity index (χ4n) is 3.45. The van der Waals surface area contributed by atoms with Crippen LogP contribution in [0, 0.1) is 0 Å². The van der Waals surface area contributed by atoms with Gasteiger partial charge in [-0.2, -0.15) is 0 Å². The van der Waals surface area contributed by atoms with E-state index in [1.54, 1.807) is 25.6 Å². The van der Waals surface area contributed by atoms with Crippen LogP contribution in [0.3, 0.4) is 0 Å². The molecule has 1 amide bonds. The predicted molar refractivity (Wildman–Crippen MR) is 103 cm³/mol. The summed E-state index contributed by atoms with van der Waals surface area (Å²) in [6, 6.07) is 10.2. The van der Waals surface area contributed by atoms with E-state index in [1.165, 1.54) is 10.4 Å².